The van der Waals surface area contributed by atoms with Gasteiger partial charge < -0.3 is 19.2 Å². The van der Waals surface area contributed by atoms with E-state index in [1.807, 2.05) is 49.5 Å². The van der Waals surface area contributed by atoms with Crippen molar-refractivity contribution in [1.82, 2.24) is 9.97 Å². The predicted octanol–water partition coefficient (Wildman–Crippen LogP) is 4.26. The number of aromatic nitrogens is 2. The minimum absolute atomic E-state index is 0.0997. The van der Waals surface area contributed by atoms with Crippen LogP contribution in [0.4, 0.5) is 0 Å². The predicted molar refractivity (Wildman–Crippen MR) is 118 cm³/mol. The quantitative estimate of drug-likeness (QED) is 0.520. The van der Waals surface area contributed by atoms with Gasteiger partial charge in [-0.05, 0) is 53.8 Å². The van der Waals surface area contributed by atoms with Gasteiger partial charge in [-0.2, -0.15) is 0 Å². The average Bonchev–Trinajstić information content (AvgIpc) is 2.79. The van der Waals surface area contributed by atoms with Gasteiger partial charge in [0.2, 0.25) is 0 Å². The van der Waals surface area contributed by atoms with Crippen LogP contribution in [0.15, 0.2) is 47.4 Å². The van der Waals surface area contributed by atoms with Gasteiger partial charge in [-0.15, -0.1) is 0 Å². The molecule has 0 atom stereocenters. The minimum atomic E-state index is -0.0997. The zero-order chi connectivity index (χ0) is 21.3. The monoisotopic (exact) mass is 404 g/mol. The number of benzene rings is 2. The number of fused-ring (bicyclic) bond motifs is 2. The second-order valence-electron chi connectivity index (χ2n) is 7.10. The summed E-state index contributed by atoms with van der Waals surface area (Å²) >= 11 is 0. The maximum absolute atomic E-state index is 13.0. The summed E-state index contributed by atoms with van der Waals surface area (Å²) < 4.78 is 16.3. The molecule has 4 rings (SSSR count). The van der Waals surface area contributed by atoms with Gasteiger partial charge in [0.25, 0.3) is 5.56 Å². The van der Waals surface area contributed by atoms with E-state index in [2.05, 4.69) is 9.97 Å². The van der Waals surface area contributed by atoms with Crippen molar-refractivity contribution in [3.05, 3.63) is 69.8 Å². The molecule has 4 aromatic rings. The third-order valence-electron chi connectivity index (χ3n) is 5.39. The minimum Gasteiger partial charge on any atom is -0.497 e. The molecule has 0 bridgehead atoms. The lowest BCUT2D eigenvalue weighted by Crippen LogP contribution is -2.16. The van der Waals surface area contributed by atoms with Crippen LogP contribution >= 0.6 is 0 Å². The zero-order valence-corrected chi connectivity index (χ0v) is 17.5. The van der Waals surface area contributed by atoms with Crippen molar-refractivity contribution in [3.8, 4) is 17.2 Å². The lowest BCUT2D eigenvalue weighted by atomic mass is 9.97. The van der Waals surface area contributed by atoms with Crippen LogP contribution in [-0.4, -0.2) is 31.3 Å². The first kappa shape index (κ1) is 19.8. The maximum atomic E-state index is 13.0. The number of nitrogens with zero attached hydrogens (tertiary/aromatic N) is 1. The molecule has 0 aliphatic rings. The van der Waals surface area contributed by atoms with Crippen molar-refractivity contribution in [3.63, 3.8) is 0 Å². The molecule has 2 heterocycles. The largest absolute Gasteiger partial charge is 0.497 e. The van der Waals surface area contributed by atoms with Crippen LogP contribution in [0.3, 0.4) is 0 Å². The third-order valence-corrected chi connectivity index (χ3v) is 5.39. The van der Waals surface area contributed by atoms with E-state index in [9.17, 15) is 4.79 Å². The Balaban J connectivity index is 1.89. The molecule has 0 fully saturated rings. The Labute approximate surface area is 174 Å². The van der Waals surface area contributed by atoms with Gasteiger partial charge in [-0.3, -0.25) is 9.78 Å². The van der Waals surface area contributed by atoms with Crippen LogP contribution < -0.4 is 19.8 Å². The summed E-state index contributed by atoms with van der Waals surface area (Å²) in [5.41, 5.74) is 3.28. The van der Waals surface area contributed by atoms with Crippen LogP contribution in [0.1, 0.15) is 23.7 Å². The summed E-state index contributed by atoms with van der Waals surface area (Å²) in [6.45, 7) is 2.02. The molecule has 0 amide bonds. The maximum Gasteiger partial charge on any atom is 0.252 e. The number of hydrogen-bond acceptors (Lipinski definition) is 5. The standard InChI is InChI=1S/C24H24N2O4/c1-5-20-18-12-23(30-4)22(29-3)11-17(18)19(24(27)26-20)9-14-8-15-10-16(28-2)6-7-21(15)25-13-14/h6-8,10-13H,5,9H2,1-4H3,(H,26,27). The van der Waals surface area contributed by atoms with Crippen LogP contribution in [0, 0.1) is 0 Å². The van der Waals surface area contributed by atoms with E-state index < -0.39 is 0 Å². The Hall–Kier alpha value is -3.54. The highest BCUT2D eigenvalue weighted by Gasteiger charge is 2.16. The smallest absolute Gasteiger partial charge is 0.252 e. The molecule has 1 N–H and O–H groups in total. The number of H-pyrrole nitrogens is 1. The number of pyridine rings is 2. The fourth-order valence-electron chi connectivity index (χ4n) is 3.82. The van der Waals surface area contributed by atoms with Gasteiger partial charge >= 0.3 is 0 Å². The molecule has 0 saturated heterocycles. The van der Waals surface area contributed by atoms with Crippen molar-refractivity contribution in [2.75, 3.05) is 21.3 Å². The molecule has 0 spiro atoms. The highest BCUT2D eigenvalue weighted by atomic mass is 16.5. The molecule has 0 aliphatic heterocycles. The molecule has 6 heteroatoms. The molecular weight excluding hydrogens is 380 g/mol. The van der Waals surface area contributed by atoms with E-state index >= 15 is 0 Å². The van der Waals surface area contributed by atoms with E-state index in [0.29, 0.717) is 29.9 Å². The molecule has 0 radical (unpaired) electrons. The number of aromatic amines is 1. The SMILES string of the molecule is CCc1[nH]c(=O)c(Cc2cnc3ccc(OC)cc3c2)c2cc(OC)c(OC)cc12. The van der Waals surface area contributed by atoms with Crippen molar-refractivity contribution in [1.29, 1.82) is 0 Å². The second kappa shape index (κ2) is 8.06. The van der Waals surface area contributed by atoms with Crippen molar-refractivity contribution < 1.29 is 14.2 Å². The second-order valence-corrected chi connectivity index (χ2v) is 7.10. The molecular formula is C24H24N2O4. The molecule has 0 unspecified atom stereocenters. The first-order valence-electron chi connectivity index (χ1n) is 9.80. The van der Waals surface area contributed by atoms with Crippen molar-refractivity contribution >= 4 is 21.7 Å². The summed E-state index contributed by atoms with van der Waals surface area (Å²) in [6.07, 6.45) is 2.97. The molecule has 2 aromatic heterocycles. The highest BCUT2D eigenvalue weighted by Crippen LogP contribution is 2.34. The third kappa shape index (κ3) is 3.45. The fourth-order valence-corrected chi connectivity index (χ4v) is 3.82. The Morgan fingerprint density at radius 3 is 2.33 bits per heavy atom. The van der Waals surface area contributed by atoms with Crippen LogP contribution in [0.5, 0.6) is 17.2 Å². The van der Waals surface area contributed by atoms with Crippen LogP contribution in [-0.2, 0) is 12.8 Å². The normalized spacial score (nSPS) is 11.1. The Bertz CT molecular complexity index is 1290. The Morgan fingerprint density at radius 1 is 0.933 bits per heavy atom. The average molecular weight is 404 g/mol. The number of methoxy groups -OCH3 is 3. The van der Waals surface area contributed by atoms with Gasteiger partial charge in [0.1, 0.15) is 5.75 Å². The summed E-state index contributed by atoms with van der Waals surface area (Å²) in [5.74, 6) is 2.01. The molecule has 2 aromatic carbocycles. The zero-order valence-electron chi connectivity index (χ0n) is 17.5. The molecule has 0 saturated carbocycles. The van der Waals surface area contributed by atoms with Crippen molar-refractivity contribution in [2.45, 2.75) is 19.8 Å². The number of ether oxygens (including phenoxy) is 3. The lowest BCUT2D eigenvalue weighted by Gasteiger charge is -2.14. The van der Waals surface area contributed by atoms with Gasteiger partial charge in [-0.1, -0.05) is 6.92 Å². The van der Waals surface area contributed by atoms with E-state index in [1.54, 1.807) is 21.3 Å². The molecule has 30 heavy (non-hydrogen) atoms. The first-order valence-corrected chi connectivity index (χ1v) is 9.80. The summed E-state index contributed by atoms with van der Waals surface area (Å²) in [7, 11) is 4.84. The van der Waals surface area contributed by atoms with E-state index in [1.165, 1.54) is 0 Å². The number of aryl methyl sites for hydroxylation is 1. The van der Waals surface area contributed by atoms with Gasteiger partial charge in [0.05, 0.1) is 26.8 Å². The summed E-state index contributed by atoms with van der Waals surface area (Å²) in [4.78, 5) is 20.6. The first-order chi connectivity index (χ1) is 14.6. The molecule has 0 aliphatic carbocycles. The summed E-state index contributed by atoms with van der Waals surface area (Å²) in [5, 5.41) is 2.79. The Kier molecular flexibility index (Phi) is 5.31. The number of rotatable bonds is 6. The number of hydrogen-bond donors (Lipinski definition) is 1. The fraction of sp³-hybridized carbons (Fsp3) is 0.250. The Morgan fingerprint density at radius 2 is 1.67 bits per heavy atom. The van der Waals surface area contributed by atoms with Crippen LogP contribution in [0.2, 0.25) is 0 Å². The lowest BCUT2D eigenvalue weighted by molar-refractivity contribution is 0.356. The van der Waals surface area contributed by atoms with E-state index in [4.69, 9.17) is 14.2 Å². The van der Waals surface area contributed by atoms with Crippen molar-refractivity contribution in [2.24, 2.45) is 0 Å². The topological polar surface area (TPSA) is 73.4 Å². The number of nitrogens with one attached hydrogen (secondary N) is 1. The highest BCUT2D eigenvalue weighted by molar-refractivity contribution is 5.91. The van der Waals surface area contributed by atoms with Crippen LogP contribution in [0.25, 0.3) is 21.7 Å². The van der Waals surface area contributed by atoms with E-state index in [0.717, 1.165) is 38.7 Å². The van der Waals surface area contributed by atoms with E-state index in [-0.39, 0.29) is 5.56 Å². The van der Waals surface area contributed by atoms with Gasteiger partial charge in [0.15, 0.2) is 11.5 Å². The molecule has 6 nitrogen and oxygen atoms in total. The van der Waals surface area contributed by atoms with Gasteiger partial charge in [0, 0.05) is 34.6 Å². The summed E-state index contributed by atoms with van der Waals surface area (Å²) in [6, 6.07) is 11.6. The van der Waals surface area contributed by atoms with Gasteiger partial charge in [-0.25, -0.2) is 0 Å². The molecule has 154 valence electrons.